The van der Waals surface area contributed by atoms with Crippen molar-refractivity contribution in [2.75, 3.05) is 13.1 Å². The smallest absolute Gasteiger partial charge is 0.123 e. The Balaban J connectivity index is 2.31. The number of benzene rings is 1. The molecule has 1 unspecified atom stereocenters. The molecule has 0 aromatic heterocycles. The third kappa shape index (κ3) is 5.26. The topological polar surface area (TPSA) is 12.0 Å². The zero-order valence-corrected chi connectivity index (χ0v) is 10.5. The summed E-state index contributed by atoms with van der Waals surface area (Å²) in [5, 5.41) is 3.43. The maximum atomic E-state index is 13.0. The normalized spacial score (nSPS) is 13.1. The Bertz CT molecular complexity index is 309. The molecule has 0 spiro atoms. The average Bonchev–Trinajstić information content (AvgIpc) is 2.16. The van der Waals surface area contributed by atoms with Crippen LogP contribution in [0.2, 0.25) is 0 Å². The number of hydrogen-bond acceptors (Lipinski definition) is 1. The highest BCUT2D eigenvalue weighted by Gasteiger charge is 2.04. The lowest BCUT2D eigenvalue weighted by Crippen LogP contribution is -2.26. The molecule has 2 heteroatoms. The minimum absolute atomic E-state index is 0.139. The van der Waals surface area contributed by atoms with E-state index in [4.69, 9.17) is 0 Å². The molecule has 0 bridgehead atoms. The quantitative estimate of drug-likeness (QED) is 0.780. The van der Waals surface area contributed by atoms with Gasteiger partial charge in [-0.05, 0) is 49.0 Å². The minimum atomic E-state index is -0.139. The summed E-state index contributed by atoms with van der Waals surface area (Å²) >= 11 is 0. The first-order valence-electron chi connectivity index (χ1n) is 6.03. The van der Waals surface area contributed by atoms with Crippen molar-refractivity contribution in [3.63, 3.8) is 0 Å². The van der Waals surface area contributed by atoms with Crippen LogP contribution in [-0.4, -0.2) is 13.1 Å². The van der Waals surface area contributed by atoms with Gasteiger partial charge in [-0.3, -0.25) is 0 Å². The first-order chi connectivity index (χ1) is 7.58. The van der Waals surface area contributed by atoms with Crippen LogP contribution >= 0.6 is 0 Å². The van der Waals surface area contributed by atoms with E-state index in [9.17, 15) is 4.39 Å². The molecule has 16 heavy (non-hydrogen) atoms. The van der Waals surface area contributed by atoms with Gasteiger partial charge in [0.15, 0.2) is 0 Å². The lowest BCUT2D eigenvalue weighted by Gasteiger charge is -2.14. The van der Waals surface area contributed by atoms with Gasteiger partial charge in [-0.2, -0.15) is 0 Å². The summed E-state index contributed by atoms with van der Waals surface area (Å²) in [7, 11) is 0. The van der Waals surface area contributed by atoms with Crippen LogP contribution in [0.4, 0.5) is 4.39 Å². The van der Waals surface area contributed by atoms with Gasteiger partial charge in [-0.25, -0.2) is 4.39 Å². The minimum Gasteiger partial charge on any atom is -0.316 e. The molecule has 0 aliphatic heterocycles. The monoisotopic (exact) mass is 223 g/mol. The molecule has 1 N–H and O–H groups in total. The van der Waals surface area contributed by atoms with E-state index in [1.807, 2.05) is 6.07 Å². The van der Waals surface area contributed by atoms with E-state index in [0.29, 0.717) is 11.8 Å². The van der Waals surface area contributed by atoms with E-state index in [2.05, 4.69) is 26.1 Å². The van der Waals surface area contributed by atoms with Crippen molar-refractivity contribution in [3.8, 4) is 0 Å². The Kier molecular flexibility index (Phi) is 5.47. The highest BCUT2D eigenvalue weighted by Crippen LogP contribution is 2.09. The predicted octanol–water partition coefficient (Wildman–Crippen LogP) is 3.25. The van der Waals surface area contributed by atoms with Crippen molar-refractivity contribution in [1.82, 2.24) is 5.32 Å². The molecule has 0 radical (unpaired) electrons. The summed E-state index contributed by atoms with van der Waals surface area (Å²) in [6.07, 6.45) is 0.933. The van der Waals surface area contributed by atoms with Crippen LogP contribution in [0.3, 0.4) is 0 Å². The van der Waals surface area contributed by atoms with E-state index in [1.54, 1.807) is 12.1 Å². The molecule has 1 aromatic rings. The molecule has 0 saturated carbocycles. The Labute approximate surface area is 98.1 Å². The lowest BCUT2D eigenvalue weighted by molar-refractivity contribution is 0.473. The Morgan fingerprint density at radius 1 is 1.19 bits per heavy atom. The van der Waals surface area contributed by atoms with Crippen molar-refractivity contribution in [3.05, 3.63) is 35.6 Å². The fraction of sp³-hybridized carbons (Fsp3) is 0.571. The molecule has 0 aliphatic rings. The summed E-state index contributed by atoms with van der Waals surface area (Å²) in [4.78, 5) is 0. The second-order valence-corrected chi connectivity index (χ2v) is 4.99. The molecule has 0 amide bonds. The van der Waals surface area contributed by atoms with E-state index in [0.717, 1.165) is 25.1 Å². The number of nitrogens with one attached hydrogen (secondary N) is 1. The van der Waals surface area contributed by atoms with Gasteiger partial charge in [0, 0.05) is 0 Å². The Morgan fingerprint density at radius 2 is 1.94 bits per heavy atom. The number of rotatable bonds is 6. The van der Waals surface area contributed by atoms with Gasteiger partial charge < -0.3 is 5.32 Å². The highest BCUT2D eigenvalue weighted by molar-refractivity contribution is 5.16. The van der Waals surface area contributed by atoms with E-state index < -0.39 is 0 Å². The van der Waals surface area contributed by atoms with Gasteiger partial charge in [0.25, 0.3) is 0 Å². The van der Waals surface area contributed by atoms with Crippen LogP contribution in [0.15, 0.2) is 24.3 Å². The van der Waals surface area contributed by atoms with Crippen LogP contribution in [0, 0.1) is 17.7 Å². The number of halogens is 1. The predicted molar refractivity (Wildman–Crippen MR) is 67.0 cm³/mol. The summed E-state index contributed by atoms with van der Waals surface area (Å²) in [5.74, 6) is 1.08. The van der Waals surface area contributed by atoms with Crippen molar-refractivity contribution >= 4 is 0 Å². The third-order valence-electron chi connectivity index (χ3n) is 2.52. The second-order valence-electron chi connectivity index (χ2n) is 4.99. The van der Waals surface area contributed by atoms with E-state index in [-0.39, 0.29) is 5.82 Å². The van der Waals surface area contributed by atoms with Crippen LogP contribution in [0.25, 0.3) is 0 Å². The van der Waals surface area contributed by atoms with Crippen LogP contribution in [0.1, 0.15) is 26.3 Å². The van der Waals surface area contributed by atoms with Crippen molar-refractivity contribution in [2.45, 2.75) is 27.2 Å². The fourth-order valence-electron chi connectivity index (χ4n) is 1.76. The molecule has 0 fully saturated rings. The molecule has 0 aliphatic carbocycles. The third-order valence-corrected chi connectivity index (χ3v) is 2.52. The maximum Gasteiger partial charge on any atom is 0.123 e. The lowest BCUT2D eigenvalue weighted by atomic mass is 10.0. The molecule has 0 saturated heterocycles. The SMILES string of the molecule is CC(C)CNCC(C)Cc1cccc(F)c1. The van der Waals surface area contributed by atoms with E-state index in [1.165, 1.54) is 6.07 Å². The van der Waals surface area contributed by atoms with Crippen molar-refractivity contribution in [1.29, 1.82) is 0 Å². The van der Waals surface area contributed by atoms with Gasteiger partial charge in [0.2, 0.25) is 0 Å². The van der Waals surface area contributed by atoms with Crippen LogP contribution in [-0.2, 0) is 6.42 Å². The first-order valence-corrected chi connectivity index (χ1v) is 6.03. The van der Waals surface area contributed by atoms with Crippen molar-refractivity contribution in [2.24, 2.45) is 11.8 Å². The Morgan fingerprint density at radius 3 is 2.56 bits per heavy atom. The maximum absolute atomic E-state index is 13.0. The van der Waals surface area contributed by atoms with Gasteiger partial charge in [0.05, 0.1) is 0 Å². The standard InChI is InChI=1S/C14H22FN/c1-11(2)9-16-10-12(3)7-13-5-4-6-14(15)8-13/h4-6,8,11-12,16H,7,9-10H2,1-3H3. The summed E-state index contributed by atoms with van der Waals surface area (Å²) < 4.78 is 13.0. The molecule has 1 rings (SSSR count). The summed E-state index contributed by atoms with van der Waals surface area (Å²) in [5.41, 5.74) is 1.08. The zero-order valence-electron chi connectivity index (χ0n) is 10.5. The van der Waals surface area contributed by atoms with Crippen LogP contribution < -0.4 is 5.32 Å². The molecule has 1 nitrogen and oxygen atoms in total. The number of hydrogen-bond donors (Lipinski definition) is 1. The largest absolute Gasteiger partial charge is 0.316 e. The highest BCUT2D eigenvalue weighted by atomic mass is 19.1. The van der Waals surface area contributed by atoms with E-state index >= 15 is 0 Å². The second kappa shape index (κ2) is 6.64. The summed E-state index contributed by atoms with van der Waals surface area (Å²) in [6, 6.07) is 6.88. The zero-order chi connectivity index (χ0) is 12.0. The average molecular weight is 223 g/mol. The van der Waals surface area contributed by atoms with Crippen molar-refractivity contribution < 1.29 is 4.39 Å². The van der Waals surface area contributed by atoms with Gasteiger partial charge in [-0.15, -0.1) is 0 Å². The summed E-state index contributed by atoms with van der Waals surface area (Å²) in [6.45, 7) is 8.63. The van der Waals surface area contributed by atoms with Gasteiger partial charge in [-0.1, -0.05) is 32.9 Å². The van der Waals surface area contributed by atoms with Gasteiger partial charge >= 0.3 is 0 Å². The molecular weight excluding hydrogens is 201 g/mol. The Hall–Kier alpha value is -0.890. The molecule has 0 heterocycles. The van der Waals surface area contributed by atoms with Crippen LogP contribution in [0.5, 0.6) is 0 Å². The molecular formula is C14H22FN. The molecule has 1 atom stereocenters. The molecule has 90 valence electrons. The fourth-order valence-corrected chi connectivity index (χ4v) is 1.76. The molecule has 1 aromatic carbocycles. The first kappa shape index (κ1) is 13.2. The van der Waals surface area contributed by atoms with Gasteiger partial charge in [0.1, 0.15) is 5.82 Å².